The van der Waals surface area contributed by atoms with E-state index in [2.05, 4.69) is 4.98 Å². The van der Waals surface area contributed by atoms with Gasteiger partial charge >= 0.3 is 0 Å². The highest BCUT2D eigenvalue weighted by atomic mass is 16.5. The van der Waals surface area contributed by atoms with Gasteiger partial charge in [-0.1, -0.05) is 6.92 Å². The van der Waals surface area contributed by atoms with Gasteiger partial charge < -0.3 is 15.4 Å². The second-order valence-electron chi connectivity index (χ2n) is 3.79. The maximum absolute atomic E-state index is 7.33. The summed E-state index contributed by atoms with van der Waals surface area (Å²) in [6, 6.07) is 3.74. The van der Waals surface area contributed by atoms with Gasteiger partial charge in [0.15, 0.2) is 0 Å². The first-order chi connectivity index (χ1) is 7.54. The molecule has 0 bridgehead atoms. The highest BCUT2D eigenvalue weighted by molar-refractivity contribution is 5.79. The molecule has 0 spiro atoms. The van der Waals surface area contributed by atoms with E-state index < -0.39 is 0 Å². The van der Waals surface area contributed by atoms with Crippen molar-refractivity contribution in [3.63, 3.8) is 0 Å². The summed E-state index contributed by atoms with van der Waals surface area (Å²) in [6.07, 6.45) is 1.67. The molecule has 0 saturated carbocycles. The van der Waals surface area contributed by atoms with Crippen molar-refractivity contribution in [2.24, 2.45) is 11.7 Å². The zero-order valence-electron chi connectivity index (χ0n) is 9.90. The van der Waals surface area contributed by atoms with E-state index in [4.69, 9.17) is 15.9 Å². The number of methoxy groups -OCH3 is 1. The molecule has 0 amide bonds. The Hall–Kier alpha value is -1.78. The summed E-state index contributed by atoms with van der Waals surface area (Å²) in [5.74, 6) is 1.79. The van der Waals surface area contributed by atoms with E-state index in [0.717, 1.165) is 11.6 Å². The summed E-state index contributed by atoms with van der Waals surface area (Å²) < 4.78 is 5.03. The quantitative estimate of drug-likeness (QED) is 0.578. The Morgan fingerprint density at radius 3 is 2.75 bits per heavy atom. The summed E-state index contributed by atoms with van der Waals surface area (Å²) in [5.41, 5.74) is 5.42. The third-order valence-corrected chi connectivity index (χ3v) is 2.43. The number of nitrogens with zero attached hydrogens (tertiary/aromatic N) is 2. The van der Waals surface area contributed by atoms with E-state index >= 15 is 0 Å². The van der Waals surface area contributed by atoms with Crippen LogP contribution in [0.5, 0.6) is 5.75 Å². The maximum atomic E-state index is 7.33. The predicted molar refractivity (Wildman–Crippen MR) is 65.1 cm³/mol. The van der Waals surface area contributed by atoms with Crippen LogP contribution in [0.15, 0.2) is 18.3 Å². The standard InChI is InChI=1S/C11H18N4O/c1-8(11(12)13)7-15(2)10-5-4-9(16-3)6-14-10/h4-6,8H,7H2,1-3H3,(H3,12,13). The van der Waals surface area contributed by atoms with E-state index in [1.54, 1.807) is 13.3 Å². The molecule has 88 valence electrons. The number of pyridine rings is 1. The number of hydrogen-bond acceptors (Lipinski definition) is 4. The van der Waals surface area contributed by atoms with Crippen LogP contribution < -0.4 is 15.4 Å². The molecule has 1 rings (SSSR count). The first kappa shape index (κ1) is 12.3. The van der Waals surface area contributed by atoms with Gasteiger partial charge in [0.1, 0.15) is 11.6 Å². The predicted octanol–water partition coefficient (Wildman–Crippen LogP) is 1.10. The minimum absolute atomic E-state index is 0.0221. The molecular weight excluding hydrogens is 204 g/mol. The van der Waals surface area contributed by atoms with E-state index in [9.17, 15) is 0 Å². The number of nitrogens with two attached hydrogens (primary N) is 1. The van der Waals surface area contributed by atoms with Gasteiger partial charge in [-0.05, 0) is 12.1 Å². The van der Waals surface area contributed by atoms with E-state index in [0.29, 0.717) is 6.54 Å². The first-order valence-corrected chi connectivity index (χ1v) is 5.09. The fraction of sp³-hybridized carbons (Fsp3) is 0.455. The Labute approximate surface area is 95.7 Å². The van der Waals surface area contributed by atoms with Gasteiger partial charge in [0.05, 0.1) is 19.1 Å². The van der Waals surface area contributed by atoms with Crippen LogP contribution in [-0.4, -0.2) is 31.5 Å². The number of hydrogen-bond donors (Lipinski definition) is 2. The van der Waals surface area contributed by atoms with Gasteiger partial charge in [-0.15, -0.1) is 0 Å². The summed E-state index contributed by atoms with van der Waals surface area (Å²) in [7, 11) is 3.53. The van der Waals surface area contributed by atoms with Crippen molar-refractivity contribution in [3.8, 4) is 5.75 Å². The Morgan fingerprint density at radius 2 is 2.31 bits per heavy atom. The fourth-order valence-corrected chi connectivity index (χ4v) is 1.32. The van der Waals surface area contributed by atoms with Crippen LogP contribution in [0.2, 0.25) is 0 Å². The lowest BCUT2D eigenvalue weighted by atomic mass is 10.1. The summed E-state index contributed by atoms with van der Waals surface area (Å²) in [4.78, 5) is 6.22. The largest absolute Gasteiger partial charge is 0.495 e. The van der Waals surface area contributed by atoms with Crippen LogP contribution in [0, 0.1) is 11.3 Å². The van der Waals surface area contributed by atoms with Crippen LogP contribution in [-0.2, 0) is 0 Å². The monoisotopic (exact) mass is 222 g/mol. The zero-order chi connectivity index (χ0) is 12.1. The van der Waals surface area contributed by atoms with Crippen molar-refractivity contribution in [2.45, 2.75) is 6.92 Å². The van der Waals surface area contributed by atoms with Crippen molar-refractivity contribution in [1.29, 1.82) is 5.41 Å². The van der Waals surface area contributed by atoms with E-state index in [1.165, 1.54) is 0 Å². The maximum Gasteiger partial charge on any atom is 0.137 e. The average Bonchev–Trinajstić information content (AvgIpc) is 2.28. The highest BCUT2D eigenvalue weighted by Crippen LogP contribution is 2.15. The molecule has 1 aromatic heterocycles. The smallest absolute Gasteiger partial charge is 0.137 e. The van der Waals surface area contributed by atoms with Crippen molar-refractivity contribution < 1.29 is 4.74 Å². The zero-order valence-corrected chi connectivity index (χ0v) is 9.90. The first-order valence-electron chi connectivity index (χ1n) is 5.09. The van der Waals surface area contributed by atoms with Crippen molar-refractivity contribution in [1.82, 2.24) is 4.98 Å². The molecule has 16 heavy (non-hydrogen) atoms. The number of anilines is 1. The topological polar surface area (TPSA) is 75.2 Å². The Bertz CT molecular complexity index is 350. The lowest BCUT2D eigenvalue weighted by Gasteiger charge is -2.21. The van der Waals surface area contributed by atoms with Crippen LogP contribution in [0.3, 0.4) is 0 Å². The molecule has 0 radical (unpaired) electrons. The minimum atomic E-state index is 0.0221. The van der Waals surface area contributed by atoms with Gasteiger partial charge in [0, 0.05) is 19.5 Å². The molecule has 0 saturated heterocycles. The minimum Gasteiger partial charge on any atom is -0.495 e. The number of nitrogens with one attached hydrogen (secondary N) is 1. The SMILES string of the molecule is COc1ccc(N(C)CC(C)C(=N)N)nc1. The highest BCUT2D eigenvalue weighted by Gasteiger charge is 2.10. The molecule has 0 aliphatic heterocycles. The molecular formula is C11H18N4O. The normalized spacial score (nSPS) is 11.9. The molecule has 5 heteroatoms. The molecule has 1 aromatic rings. The molecule has 0 aromatic carbocycles. The fourth-order valence-electron chi connectivity index (χ4n) is 1.32. The van der Waals surface area contributed by atoms with Crippen molar-refractivity contribution in [2.75, 3.05) is 25.6 Å². The Morgan fingerprint density at radius 1 is 1.62 bits per heavy atom. The van der Waals surface area contributed by atoms with Crippen LogP contribution in [0.1, 0.15) is 6.92 Å². The molecule has 1 atom stereocenters. The van der Waals surface area contributed by atoms with Crippen LogP contribution >= 0.6 is 0 Å². The molecule has 3 N–H and O–H groups in total. The summed E-state index contributed by atoms with van der Waals surface area (Å²) >= 11 is 0. The summed E-state index contributed by atoms with van der Waals surface area (Å²) in [5, 5.41) is 7.33. The van der Waals surface area contributed by atoms with Gasteiger partial charge in [-0.3, -0.25) is 5.41 Å². The Balaban J connectivity index is 2.65. The van der Waals surface area contributed by atoms with Gasteiger partial charge in [0.2, 0.25) is 0 Å². The second-order valence-corrected chi connectivity index (χ2v) is 3.79. The molecule has 0 fully saturated rings. The average molecular weight is 222 g/mol. The third kappa shape index (κ3) is 3.12. The van der Waals surface area contributed by atoms with E-state index in [-0.39, 0.29) is 11.8 Å². The molecule has 1 heterocycles. The number of aromatic nitrogens is 1. The molecule has 0 aliphatic carbocycles. The molecule has 0 aliphatic rings. The van der Waals surface area contributed by atoms with Gasteiger partial charge in [0.25, 0.3) is 0 Å². The number of ether oxygens (including phenoxy) is 1. The lowest BCUT2D eigenvalue weighted by Crippen LogP contribution is -2.32. The van der Waals surface area contributed by atoms with Gasteiger partial charge in [-0.2, -0.15) is 0 Å². The van der Waals surface area contributed by atoms with E-state index in [1.807, 2.05) is 31.0 Å². The third-order valence-electron chi connectivity index (χ3n) is 2.43. The Kier molecular flexibility index (Phi) is 4.10. The molecule has 5 nitrogen and oxygen atoms in total. The second kappa shape index (κ2) is 5.34. The van der Waals surface area contributed by atoms with Crippen molar-refractivity contribution >= 4 is 11.7 Å². The summed E-state index contributed by atoms with van der Waals surface area (Å²) in [6.45, 7) is 2.59. The van der Waals surface area contributed by atoms with Gasteiger partial charge in [-0.25, -0.2) is 4.98 Å². The lowest BCUT2D eigenvalue weighted by molar-refractivity contribution is 0.413. The van der Waals surface area contributed by atoms with Crippen LogP contribution in [0.4, 0.5) is 5.82 Å². The molecule has 1 unspecified atom stereocenters. The van der Waals surface area contributed by atoms with Crippen LogP contribution in [0.25, 0.3) is 0 Å². The number of rotatable bonds is 5. The number of amidine groups is 1. The van der Waals surface area contributed by atoms with Crippen molar-refractivity contribution in [3.05, 3.63) is 18.3 Å².